The van der Waals surface area contributed by atoms with Gasteiger partial charge in [0.25, 0.3) is 0 Å². The number of benzene rings is 1. The van der Waals surface area contributed by atoms with Gasteiger partial charge in [0.15, 0.2) is 0 Å². The molecule has 1 aliphatic rings. The minimum absolute atomic E-state index is 0.313. The van der Waals surface area contributed by atoms with Crippen LogP contribution in [-0.2, 0) is 19.0 Å². The first kappa shape index (κ1) is 11.5. The summed E-state index contributed by atoms with van der Waals surface area (Å²) < 4.78 is 38.2. The molecule has 88 valence electrons. The van der Waals surface area contributed by atoms with Gasteiger partial charge in [0, 0.05) is 0 Å². The van der Waals surface area contributed by atoms with Gasteiger partial charge in [0.2, 0.25) is 0 Å². The van der Waals surface area contributed by atoms with E-state index in [2.05, 4.69) is 0 Å². The maximum Gasteiger partial charge on any atom is 0.416 e. The molecule has 0 saturated carbocycles. The second-order valence-corrected chi connectivity index (χ2v) is 4.28. The quantitative estimate of drug-likeness (QED) is 0.726. The minimum Gasteiger partial charge on any atom is -0.393 e. The van der Waals surface area contributed by atoms with Crippen LogP contribution in [0.2, 0.25) is 0 Å². The van der Waals surface area contributed by atoms with Crippen molar-refractivity contribution >= 4 is 0 Å². The van der Waals surface area contributed by atoms with E-state index in [9.17, 15) is 18.3 Å². The summed E-state index contributed by atoms with van der Waals surface area (Å²) in [4.78, 5) is 0. The molecule has 1 unspecified atom stereocenters. The Labute approximate surface area is 91.9 Å². The van der Waals surface area contributed by atoms with Gasteiger partial charge in [-0.25, -0.2) is 0 Å². The van der Waals surface area contributed by atoms with Crippen LogP contribution in [-0.4, -0.2) is 11.2 Å². The van der Waals surface area contributed by atoms with Crippen LogP contribution in [0.4, 0.5) is 13.2 Å². The SMILES string of the molecule is Cc1ccc(C(F)(F)F)c2c1CC(O)CC2. The zero-order valence-electron chi connectivity index (χ0n) is 8.93. The molecule has 1 aromatic carbocycles. The second kappa shape index (κ2) is 3.77. The number of hydrogen-bond acceptors (Lipinski definition) is 1. The van der Waals surface area contributed by atoms with E-state index < -0.39 is 17.8 Å². The average Bonchev–Trinajstić information content (AvgIpc) is 2.17. The molecule has 0 bridgehead atoms. The highest BCUT2D eigenvalue weighted by molar-refractivity contribution is 5.44. The molecule has 4 heteroatoms. The number of fused-ring (bicyclic) bond motifs is 1. The molecule has 1 aromatic rings. The first-order chi connectivity index (χ1) is 7.39. The van der Waals surface area contributed by atoms with E-state index in [-0.39, 0.29) is 0 Å². The Morgan fingerprint density at radius 3 is 2.56 bits per heavy atom. The van der Waals surface area contributed by atoms with E-state index in [4.69, 9.17) is 0 Å². The predicted molar refractivity (Wildman–Crippen MR) is 54.2 cm³/mol. The predicted octanol–water partition coefficient (Wildman–Crippen LogP) is 2.86. The third kappa shape index (κ3) is 1.94. The lowest BCUT2D eigenvalue weighted by Crippen LogP contribution is -2.23. The van der Waals surface area contributed by atoms with Gasteiger partial charge in [-0.1, -0.05) is 6.07 Å². The van der Waals surface area contributed by atoms with Crippen LogP contribution in [0.5, 0.6) is 0 Å². The molecular formula is C12H13F3O. The molecule has 0 aromatic heterocycles. The number of rotatable bonds is 0. The molecule has 1 atom stereocenters. The van der Waals surface area contributed by atoms with E-state index in [0.717, 1.165) is 11.6 Å². The summed E-state index contributed by atoms with van der Waals surface area (Å²) in [6.45, 7) is 1.79. The summed E-state index contributed by atoms with van der Waals surface area (Å²) in [5, 5.41) is 9.49. The molecule has 0 fully saturated rings. The fourth-order valence-electron chi connectivity index (χ4n) is 2.29. The van der Waals surface area contributed by atoms with Crippen molar-refractivity contribution in [3.8, 4) is 0 Å². The smallest absolute Gasteiger partial charge is 0.393 e. The molecule has 1 aliphatic carbocycles. The highest BCUT2D eigenvalue weighted by Gasteiger charge is 2.35. The van der Waals surface area contributed by atoms with Crippen molar-refractivity contribution in [3.05, 3.63) is 34.4 Å². The average molecular weight is 230 g/mol. The monoisotopic (exact) mass is 230 g/mol. The normalized spacial score (nSPS) is 20.7. The van der Waals surface area contributed by atoms with Crippen LogP contribution in [0.3, 0.4) is 0 Å². The molecule has 0 amide bonds. The fourth-order valence-corrected chi connectivity index (χ4v) is 2.29. The van der Waals surface area contributed by atoms with E-state index in [0.29, 0.717) is 30.4 Å². The van der Waals surface area contributed by atoms with E-state index in [1.807, 2.05) is 0 Å². The van der Waals surface area contributed by atoms with Crippen LogP contribution in [0.25, 0.3) is 0 Å². The lowest BCUT2D eigenvalue weighted by Gasteiger charge is -2.25. The largest absolute Gasteiger partial charge is 0.416 e. The van der Waals surface area contributed by atoms with Crippen molar-refractivity contribution in [1.29, 1.82) is 0 Å². The highest BCUT2D eigenvalue weighted by atomic mass is 19.4. The molecular weight excluding hydrogens is 217 g/mol. The van der Waals surface area contributed by atoms with Gasteiger partial charge in [-0.15, -0.1) is 0 Å². The second-order valence-electron chi connectivity index (χ2n) is 4.28. The molecule has 0 spiro atoms. The zero-order chi connectivity index (χ0) is 11.9. The van der Waals surface area contributed by atoms with Crippen LogP contribution in [0.15, 0.2) is 12.1 Å². The first-order valence-electron chi connectivity index (χ1n) is 5.26. The van der Waals surface area contributed by atoms with Crippen molar-refractivity contribution in [2.24, 2.45) is 0 Å². The van der Waals surface area contributed by atoms with Gasteiger partial charge >= 0.3 is 6.18 Å². The third-order valence-electron chi connectivity index (χ3n) is 3.14. The first-order valence-corrected chi connectivity index (χ1v) is 5.26. The van der Waals surface area contributed by atoms with Crippen molar-refractivity contribution < 1.29 is 18.3 Å². The van der Waals surface area contributed by atoms with Gasteiger partial charge < -0.3 is 5.11 Å². The molecule has 0 radical (unpaired) electrons. The summed E-state index contributed by atoms with van der Waals surface area (Å²) in [5.41, 5.74) is 1.34. The van der Waals surface area contributed by atoms with Gasteiger partial charge in [-0.3, -0.25) is 0 Å². The number of hydrogen-bond donors (Lipinski definition) is 1. The number of aliphatic hydroxyl groups is 1. The molecule has 0 heterocycles. The summed E-state index contributed by atoms with van der Waals surface area (Å²) in [7, 11) is 0. The number of aliphatic hydroxyl groups excluding tert-OH is 1. The minimum atomic E-state index is -4.29. The van der Waals surface area contributed by atoms with E-state index in [1.165, 1.54) is 6.07 Å². The number of alkyl halides is 3. The summed E-state index contributed by atoms with van der Waals surface area (Å²) in [5.74, 6) is 0. The Morgan fingerprint density at radius 2 is 1.94 bits per heavy atom. The van der Waals surface area contributed by atoms with Gasteiger partial charge in [0.1, 0.15) is 0 Å². The number of halogens is 3. The third-order valence-corrected chi connectivity index (χ3v) is 3.14. The Kier molecular flexibility index (Phi) is 2.70. The zero-order valence-corrected chi connectivity index (χ0v) is 8.93. The summed E-state index contributed by atoms with van der Waals surface area (Å²) in [6, 6.07) is 2.63. The van der Waals surface area contributed by atoms with Crippen LogP contribution >= 0.6 is 0 Å². The molecule has 0 saturated heterocycles. The topological polar surface area (TPSA) is 20.2 Å². The summed E-state index contributed by atoms with van der Waals surface area (Å²) in [6.07, 6.45) is -3.73. The van der Waals surface area contributed by atoms with Gasteiger partial charge in [0.05, 0.1) is 11.7 Å². The Balaban J connectivity index is 2.55. The maximum atomic E-state index is 12.7. The molecule has 16 heavy (non-hydrogen) atoms. The Bertz CT molecular complexity index is 409. The highest BCUT2D eigenvalue weighted by Crippen LogP contribution is 2.37. The van der Waals surface area contributed by atoms with Crippen molar-refractivity contribution in [2.45, 2.75) is 38.5 Å². The van der Waals surface area contributed by atoms with Crippen LogP contribution in [0, 0.1) is 6.92 Å². The van der Waals surface area contributed by atoms with Gasteiger partial charge in [-0.05, 0) is 48.9 Å². The molecule has 2 rings (SSSR count). The standard InChI is InChI=1S/C12H13F3O/c1-7-2-5-11(12(13,14)15)9-4-3-8(16)6-10(7)9/h2,5,8,16H,3-4,6H2,1H3. The van der Waals surface area contributed by atoms with Crippen LogP contribution in [0.1, 0.15) is 28.7 Å². The lowest BCUT2D eigenvalue weighted by molar-refractivity contribution is -0.138. The number of aryl methyl sites for hydroxylation is 1. The maximum absolute atomic E-state index is 12.7. The van der Waals surface area contributed by atoms with Crippen molar-refractivity contribution in [2.75, 3.05) is 0 Å². The lowest BCUT2D eigenvalue weighted by atomic mass is 9.84. The van der Waals surface area contributed by atoms with Gasteiger partial charge in [-0.2, -0.15) is 13.2 Å². The summed E-state index contributed by atoms with van der Waals surface area (Å²) >= 11 is 0. The molecule has 0 aliphatic heterocycles. The molecule has 1 nitrogen and oxygen atoms in total. The Morgan fingerprint density at radius 1 is 1.25 bits per heavy atom. The van der Waals surface area contributed by atoms with Crippen molar-refractivity contribution in [3.63, 3.8) is 0 Å². The van der Waals surface area contributed by atoms with E-state index in [1.54, 1.807) is 6.92 Å². The van der Waals surface area contributed by atoms with Crippen molar-refractivity contribution in [1.82, 2.24) is 0 Å². The van der Waals surface area contributed by atoms with E-state index >= 15 is 0 Å². The molecule has 1 N–H and O–H groups in total. The van der Waals surface area contributed by atoms with Crippen LogP contribution < -0.4 is 0 Å². The fraction of sp³-hybridized carbons (Fsp3) is 0.500. The Hall–Kier alpha value is -1.03.